The summed E-state index contributed by atoms with van der Waals surface area (Å²) in [5, 5.41) is 0. The van der Waals surface area contributed by atoms with E-state index in [0.29, 0.717) is 12.1 Å². The lowest BCUT2D eigenvalue weighted by Gasteiger charge is -2.36. The van der Waals surface area contributed by atoms with E-state index >= 15 is 0 Å². The molecule has 0 radical (unpaired) electrons. The molecule has 4 fully saturated rings. The van der Waals surface area contributed by atoms with Gasteiger partial charge in [-0.2, -0.15) is 0 Å². The van der Waals surface area contributed by atoms with Crippen LogP contribution in [0.1, 0.15) is 51.9 Å². The highest BCUT2D eigenvalue weighted by molar-refractivity contribution is 5.84. The molecule has 1 saturated heterocycles. The average molecular weight is 248 g/mol. The summed E-state index contributed by atoms with van der Waals surface area (Å²) in [7, 11) is 0. The average Bonchev–Trinajstić information content (AvgIpc) is 2.80. The Morgan fingerprint density at radius 3 is 2.56 bits per heavy atom. The van der Waals surface area contributed by atoms with Crippen LogP contribution in [0, 0.1) is 17.3 Å². The number of hydrogen-bond acceptors (Lipinski definition) is 2. The normalized spacial score (nSPS) is 50.4. The first-order valence-corrected chi connectivity index (χ1v) is 7.68. The molecule has 4 rings (SSSR count). The van der Waals surface area contributed by atoms with Crippen LogP contribution in [0.3, 0.4) is 0 Å². The zero-order chi connectivity index (χ0) is 12.5. The van der Waals surface area contributed by atoms with Gasteiger partial charge in [0.05, 0.1) is 6.04 Å². The Bertz CT molecular complexity index is 384. The van der Waals surface area contributed by atoms with Crippen LogP contribution in [-0.2, 0) is 4.79 Å². The van der Waals surface area contributed by atoms with E-state index in [1.165, 1.54) is 44.9 Å². The molecule has 2 bridgehead atoms. The number of nitrogens with two attached hydrogens (primary N) is 1. The predicted octanol–water partition coefficient (Wildman–Crippen LogP) is 1.90. The lowest BCUT2D eigenvalue weighted by atomic mass is 9.77. The van der Waals surface area contributed by atoms with Gasteiger partial charge in [0.25, 0.3) is 0 Å². The number of carbonyl (C=O) groups is 1. The number of amides is 1. The van der Waals surface area contributed by atoms with E-state index in [1.54, 1.807) is 0 Å². The van der Waals surface area contributed by atoms with Crippen LogP contribution in [0.15, 0.2) is 0 Å². The van der Waals surface area contributed by atoms with Gasteiger partial charge in [-0.05, 0) is 69.1 Å². The fourth-order valence-corrected chi connectivity index (χ4v) is 5.18. The summed E-state index contributed by atoms with van der Waals surface area (Å²) in [5.41, 5.74) is 6.60. The maximum Gasteiger partial charge on any atom is 0.240 e. The number of rotatable bonds is 2. The number of fused-ring (bicyclic) bond motifs is 3. The summed E-state index contributed by atoms with van der Waals surface area (Å²) in [6.07, 6.45) is 8.67. The van der Waals surface area contributed by atoms with E-state index in [1.807, 2.05) is 0 Å². The third-order valence-electron chi connectivity index (χ3n) is 6.34. The van der Waals surface area contributed by atoms with Gasteiger partial charge in [-0.1, -0.05) is 0 Å². The van der Waals surface area contributed by atoms with E-state index in [-0.39, 0.29) is 17.4 Å². The van der Waals surface area contributed by atoms with Gasteiger partial charge >= 0.3 is 0 Å². The first kappa shape index (κ1) is 11.3. The van der Waals surface area contributed by atoms with E-state index < -0.39 is 0 Å². The highest BCUT2D eigenvalue weighted by Crippen LogP contribution is 2.56. The SMILES string of the molecule is C[C@@H]1C[C@@H]2CC2N1C(=O)[C@@H](N)C12CCC(CC1)C2. The molecule has 3 aliphatic carbocycles. The zero-order valence-corrected chi connectivity index (χ0v) is 11.3. The van der Waals surface area contributed by atoms with E-state index in [2.05, 4.69) is 11.8 Å². The summed E-state index contributed by atoms with van der Waals surface area (Å²) in [6, 6.07) is 0.766. The largest absolute Gasteiger partial charge is 0.335 e. The number of nitrogens with zero attached hydrogens (tertiary/aromatic N) is 1. The lowest BCUT2D eigenvalue weighted by Crippen LogP contribution is -2.53. The van der Waals surface area contributed by atoms with Crippen molar-refractivity contribution in [3.05, 3.63) is 0 Å². The van der Waals surface area contributed by atoms with Crippen molar-refractivity contribution in [2.45, 2.75) is 70.0 Å². The van der Waals surface area contributed by atoms with Crippen LogP contribution in [0.2, 0.25) is 0 Å². The fourth-order valence-electron chi connectivity index (χ4n) is 5.18. The molecule has 0 aromatic heterocycles. The second-order valence-electron chi connectivity index (χ2n) is 7.38. The van der Waals surface area contributed by atoms with Crippen LogP contribution in [0.5, 0.6) is 0 Å². The highest BCUT2D eigenvalue weighted by atomic mass is 16.2. The van der Waals surface area contributed by atoms with Crippen molar-refractivity contribution in [1.29, 1.82) is 0 Å². The number of likely N-dealkylation sites (tertiary alicyclic amines) is 1. The maximum atomic E-state index is 12.8. The molecular weight excluding hydrogens is 224 g/mol. The van der Waals surface area contributed by atoms with Gasteiger partial charge in [-0.15, -0.1) is 0 Å². The minimum atomic E-state index is -0.216. The minimum Gasteiger partial charge on any atom is -0.335 e. The van der Waals surface area contributed by atoms with Gasteiger partial charge in [-0.25, -0.2) is 0 Å². The van der Waals surface area contributed by atoms with E-state index in [0.717, 1.165) is 11.8 Å². The predicted molar refractivity (Wildman–Crippen MR) is 69.8 cm³/mol. The molecule has 18 heavy (non-hydrogen) atoms. The van der Waals surface area contributed by atoms with Crippen LogP contribution in [0.25, 0.3) is 0 Å². The summed E-state index contributed by atoms with van der Waals surface area (Å²) >= 11 is 0. The molecule has 3 heteroatoms. The van der Waals surface area contributed by atoms with Crippen molar-refractivity contribution >= 4 is 5.91 Å². The van der Waals surface area contributed by atoms with Gasteiger partial charge < -0.3 is 10.6 Å². The Balaban J connectivity index is 1.54. The van der Waals surface area contributed by atoms with Crippen molar-refractivity contribution in [3.8, 4) is 0 Å². The molecular formula is C15H24N2O. The van der Waals surface area contributed by atoms with Crippen molar-refractivity contribution in [3.63, 3.8) is 0 Å². The summed E-state index contributed by atoms with van der Waals surface area (Å²) in [4.78, 5) is 14.9. The molecule has 4 atom stereocenters. The first-order valence-electron chi connectivity index (χ1n) is 7.68. The van der Waals surface area contributed by atoms with Gasteiger partial charge in [0.1, 0.15) is 0 Å². The molecule has 2 N–H and O–H groups in total. The Labute approximate surface area is 109 Å². The Hall–Kier alpha value is -0.570. The summed E-state index contributed by atoms with van der Waals surface area (Å²) in [6.45, 7) is 2.19. The maximum absolute atomic E-state index is 12.8. The third-order valence-corrected chi connectivity index (χ3v) is 6.34. The van der Waals surface area contributed by atoms with Crippen molar-refractivity contribution in [1.82, 2.24) is 4.90 Å². The third kappa shape index (κ3) is 1.37. The fraction of sp³-hybridized carbons (Fsp3) is 0.933. The van der Waals surface area contributed by atoms with Crippen molar-refractivity contribution in [2.24, 2.45) is 23.0 Å². The van der Waals surface area contributed by atoms with Crippen LogP contribution in [0.4, 0.5) is 0 Å². The molecule has 100 valence electrons. The Morgan fingerprint density at radius 1 is 1.33 bits per heavy atom. The summed E-state index contributed by atoms with van der Waals surface area (Å²) < 4.78 is 0. The topological polar surface area (TPSA) is 46.3 Å². The lowest BCUT2D eigenvalue weighted by molar-refractivity contribution is -0.137. The quantitative estimate of drug-likeness (QED) is 0.811. The Morgan fingerprint density at radius 2 is 2.06 bits per heavy atom. The van der Waals surface area contributed by atoms with Gasteiger partial charge in [0.2, 0.25) is 5.91 Å². The van der Waals surface area contributed by atoms with Crippen LogP contribution < -0.4 is 5.73 Å². The van der Waals surface area contributed by atoms with Gasteiger partial charge in [0, 0.05) is 12.1 Å². The van der Waals surface area contributed by atoms with Crippen molar-refractivity contribution < 1.29 is 4.79 Å². The Kier molecular flexibility index (Phi) is 2.19. The van der Waals surface area contributed by atoms with Crippen LogP contribution in [-0.4, -0.2) is 28.9 Å². The number of carbonyl (C=O) groups excluding carboxylic acids is 1. The molecule has 0 aromatic carbocycles. The smallest absolute Gasteiger partial charge is 0.240 e. The molecule has 1 aliphatic heterocycles. The summed E-state index contributed by atoms with van der Waals surface area (Å²) in [5.74, 6) is 1.94. The molecule has 4 aliphatic rings. The van der Waals surface area contributed by atoms with Crippen molar-refractivity contribution in [2.75, 3.05) is 0 Å². The monoisotopic (exact) mass is 248 g/mol. The molecule has 0 spiro atoms. The second kappa shape index (κ2) is 3.50. The standard InChI is InChI=1S/C15H24N2O/c1-9-6-11-7-12(11)17(9)14(18)13(16)15-4-2-10(8-15)3-5-15/h9-13H,2-8,16H2,1H3/t9-,10?,11-,12?,13-,15?/m1/s1. The number of hydrogen-bond donors (Lipinski definition) is 1. The first-order chi connectivity index (χ1) is 8.61. The van der Waals surface area contributed by atoms with E-state index in [4.69, 9.17) is 5.73 Å². The molecule has 1 unspecified atom stereocenters. The van der Waals surface area contributed by atoms with Gasteiger partial charge in [-0.3, -0.25) is 4.79 Å². The molecule has 3 saturated carbocycles. The molecule has 1 heterocycles. The highest BCUT2D eigenvalue weighted by Gasteiger charge is 2.57. The molecule has 3 nitrogen and oxygen atoms in total. The van der Waals surface area contributed by atoms with Gasteiger partial charge in [0.15, 0.2) is 0 Å². The second-order valence-corrected chi connectivity index (χ2v) is 7.38. The zero-order valence-electron chi connectivity index (χ0n) is 11.3. The number of piperidine rings is 1. The molecule has 0 aromatic rings. The van der Waals surface area contributed by atoms with E-state index in [9.17, 15) is 4.79 Å². The van der Waals surface area contributed by atoms with Crippen LogP contribution >= 0.6 is 0 Å². The molecule has 1 amide bonds. The minimum absolute atomic E-state index is 0.175.